The van der Waals surface area contributed by atoms with Gasteiger partial charge in [0.05, 0.1) is 30.2 Å². The molecule has 8 heteroatoms. The van der Waals surface area contributed by atoms with Crippen LogP contribution in [-0.2, 0) is 11.2 Å². The highest BCUT2D eigenvalue weighted by molar-refractivity contribution is 6.32. The van der Waals surface area contributed by atoms with Crippen molar-refractivity contribution in [2.75, 3.05) is 26.7 Å². The summed E-state index contributed by atoms with van der Waals surface area (Å²) in [6.07, 6.45) is 6.38. The number of pyridine rings is 1. The number of aryl methyl sites for hydroxylation is 1. The third-order valence-corrected chi connectivity index (χ3v) is 8.20. The van der Waals surface area contributed by atoms with Gasteiger partial charge in [0.1, 0.15) is 11.6 Å². The molecule has 4 rings (SSSR count). The van der Waals surface area contributed by atoms with Crippen molar-refractivity contribution in [1.82, 2.24) is 9.88 Å². The molecule has 0 aliphatic carbocycles. The van der Waals surface area contributed by atoms with Gasteiger partial charge in [-0.05, 0) is 106 Å². The quantitative estimate of drug-likeness (QED) is 0.257. The van der Waals surface area contributed by atoms with Gasteiger partial charge in [-0.1, -0.05) is 23.7 Å². The van der Waals surface area contributed by atoms with E-state index in [-0.39, 0.29) is 17.7 Å². The van der Waals surface area contributed by atoms with Gasteiger partial charge in [-0.25, -0.2) is 4.39 Å². The minimum atomic E-state index is -0.838. The molecule has 2 heterocycles. The number of carboxylic acid groups (broad SMARTS) is 1. The van der Waals surface area contributed by atoms with Crippen LogP contribution in [-0.4, -0.2) is 52.8 Å². The maximum absolute atomic E-state index is 13.1. The van der Waals surface area contributed by atoms with E-state index in [4.69, 9.17) is 16.3 Å². The van der Waals surface area contributed by atoms with Crippen LogP contribution in [0, 0.1) is 11.2 Å². The van der Waals surface area contributed by atoms with Crippen molar-refractivity contribution in [3.8, 4) is 5.75 Å². The SMILES string of the molecule is COc1ccc2ncc(Cl)c([C@@H](O)CCC3(CC(=O)O)CCN(CCCCc4ccc(F)cc4)CC3)c2c1. The molecule has 0 radical (unpaired) electrons. The average Bonchev–Trinajstić information content (AvgIpc) is 2.91. The molecule has 1 fully saturated rings. The van der Waals surface area contributed by atoms with E-state index < -0.39 is 12.1 Å². The molecule has 1 aromatic heterocycles. The Kier molecular flexibility index (Phi) is 9.58. The number of unbranched alkanes of at least 4 members (excludes halogenated alkanes) is 1. The van der Waals surface area contributed by atoms with Gasteiger partial charge >= 0.3 is 5.97 Å². The summed E-state index contributed by atoms with van der Waals surface area (Å²) in [5.74, 6) is -0.358. The molecule has 0 spiro atoms. The number of piperidine rings is 1. The first-order chi connectivity index (χ1) is 18.3. The second kappa shape index (κ2) is 12.9. The van der Waals surface area contributed by atoms with Gasteiger partial charge < -0.3 is 19.8 Å². The number of aromatic nitrogens is 1. The second-order valence-corrected chi connectivity index (χ2v) is 10.9. The van der Waals surface area contributed by atoms with Gasteiger partial charge in [-0.2, -0.15) is 0 Å². The maximum Gasteiger partial charge on any atom is 0.303 e. The zero-order chi connectivity index (χ0) is 27.1. The van der Waals surface area contributed by atoms with Crippen LogP contribution in [0.2, 0.25) is 5.02 Å². The molecule has 0 saturated carbocycles. The van der Waals surface area contributed by atoms with Gasteiger partial charge in [0.15, 0.2) is 0 Å². The van der Waals surface area contributed by atoms with Crippen LogP contribution in [0.15, 0.2) is 48.7 Å². The fraction of sp³-hybridized carbons (Fsp3) is 0.467. The summed E-state index contributed by atoms with van der Waals surface area (Å²) in [6, 6.07) is 12.2. The van der Waals surface area contributed by atoms with Crippen molar-refractivity contribution in [3.05, 3.63) is 70.6 Å². The zero-order valence-corrected chi connectivity index (χ0v) is 22.6. The second-order valence-electron chi connectivity index (χ2n) is 10.5. The van der Waals surface area contributed by atoms with E-state index in [1.807, 2.05) is 30.3 Å². The molecule has 38 heavy (non-hydrogen) atoms. The Morgan fingerprint density at radius 1 is 1.18 bits per heavy atom. The summed E-state index contributed by atoms with van der Waals surface area (Å²) in [5.41, 5.74) is 2.12. The number of ether oxygens (including phenoxy) is 1. The number of likely N-dealkylation sites (tertiary alicyclic amines) is 1. The number of aliphatic hydroxyl groups excluding tert-OH is 1. The van der Waals surface area contributed by atoms with Crippen molar-refractivity contribution in [3.63, 3.8) is 0 Å². The van der Waals surface area contributed by atoms with Gasteiger partial charge in [0, 0.05) is 17.1 Å². The molecule has 1 saturated heterocycles. The van der Waals surface area contributed by atoms with E-state index >= 15 is 0 Å². The molecule has 0 bridgehead atoms. The predicted octanol–water partition coefficient (Wildman–Crippen LogP) is 6.43. The molecule has 0 unspecified atom stereocenters. The maximum atomic E-state index is 13.1. The van der Waals surface area contributed by atoms with Crippen molar-refractivity contribution >= 4 is 28.5 Å². The van der Waals surface area contributed by atoms with Gasteiger partial charge in [-0.3, -0.25) is 9.78 Å². The van der Waals surface area contributed by atoms with Crippen LogP contribution in [0.3, 0.4) is 0 Å². The highest BCUT2D eigenvalue weighted by Crippen LogP contribution is 2.43. The molecule has 6 nitrogen and oxygen atoms in total. The number of benzene rings is 2. The average molecular weight is 543 g/mol. The largest absolute Gasteiger partial charge is 0.497 e. The Bertz CT molecular complexity index is 1230. The van der Waals surface area contributed by atoms with Crippen LogP contribution in [0.1, 0.15) is 62.2 Å². The Labute approximate surface area is 228 Å². The number of nitrogens with zero attached hydrogens (tertiary/aromatic N) is 2. The Morgan fingerprint density at radius 3 is 2.61 bits per heavy atom. The number of aliphatic carboxylic acids is 1. The number of aliphatic hydroxyl groups is 1. The summed E-state index contributed by atoms with van der Waals surface area (Å²) in [7, 11) is 1.59. The highest BCUT2D eigenvalue weighted by atomic mass is 35.5. The number of fused-ring (bicyclic) bond motifs is 1. The normalized spacial score (nSPS) is 16.4. The van der Waals surface area contributed by atoms with Gasteiger partial charge in [0.25, 0.3) is 0 Å². The third kappa shape index (κ3) is 7.22. The highest BCUT2D eigenvalue weighted by Gasteiger charge is 2.37. The van der Waals surface area contributed by atoms with Crippen LogP contribution < -0.4 is 4.74 Å². The lowest BCUT2D eigenvalue weighted by atomic mass is 9.71. The zero-order valence-electron chi connectivity index (χ0n) is 21.8. The Morgan fingerprint density at radius 2 is 1.92 bits per heavy atom. The monoisotopic (exact) mass is 542 g/mol. The summed E-state index contributed by atoms with van der Waals surface area (Å²) >= 11 is 6.48. The molecule has 0 amide bonds. The van der Waals surface area contributed by atoms with Crippen molar-refractivity contribution in [2.45, 2.75) is 57.5 Å². The smallest absolute Gasteiger partial charge is 0.303 e. The fourth-order valence-corrected chi connectivity index (χ4v) is 5.90. The number of hydrogen-bond acceptors (Lipinski definition) is 5. The first kappa shape index (κ1) is 28.3. The molecule has 3 aromatic rings. The standard InChI is InChI=1S/C30H36ClFN2O4/c1-38-23-9-10-26-24(18-23)29(25(31)20-33-26)27(35)11-12-30(19-28(36)37)13-16-34(17-14-30)15-3-2-4-21-5-7-22(32)8-6-21/h5-10,18,20,27,35H,2-4,11-17,19H2,1H3,(H,36,37)/t27-/m0/s1. The van der Waals surface area contributed by atoms with E-state index in [1.54, 1.807) is 13.3 Å². The topological polar surface area (TPSA) is 82.9 Å². The fourth-order valence-electron chi connectivity index (χ4n) is 5.62. The number of carbonyl (C=O) groups is 1. The number of rotatable bonds is 12. The van der Waals surface area contributed by atoms with Crippen LogP contribution in [0.5, 0.6) is 5.75 Å². The summed E-state index contributed by atoms with van der Waals surface area (Å²) < 4.78 is 18.4. The predicted molar refractivity (Wildman–Crippen MR) is 147 cm³/mol. The van der Waals surface area contributed by atoms with Gasteiger partial charge in [0.2, 0.25) is 0 Å². The number of hydrogen-bond donors (Lipinski definition) is 2. The molecule has 1 aliphatic heterocycles. The van der Waals surface area contributed by atoms with Gasteiger partial charge in [-0.15, -0.1) is 0 Å². The number of carboxylic acids is 1. The lowest BCUT2D eigenvalue weighted by Crippen LogP contribution is -2.41. The number of methoxy groups -OCH3 is 1. The lowest BCUT2D eigenvalue weighted by Gasteiger charge is -2.41. The van der Waals surface area contributed by atoms with Crippen molar-refractivity contribution in [2.24, 2.45) is 5.41 Å². The Balaban J connectivity index is 1.34. The third-order valence-electron chi connectivity index (χ3n) is 7.90. The molecular weight excluding hydrogens is 507 g/mol. The van der Waals surface area contributed by atoms with E-state index in [0.717, 1.165) is 68.2 Å². The van der Waals surface area contributed by atoms with Crippen LogP contribution >= 0.6 is 11.6 Å². The molecule has 2 N–H and O–H groups in total. The molecule has 2 aromatic carbocycles. The molecule has 1 aliphatic rings. The van der Waals surface area contributed by atoms with E-state index in [2.05, 4.69) is 9.88 Å². The Hall–Kier alpha value is -2.74. The van der Waals surface area contributed by atoms with Crippen molar-refractivity contribution < 1.29 is 24.1 Å². The van der Waals surface area contributed by atoms with Crippen LogP contribution in [0.4, 0.5) is 4.39 Å². The minimum absolute atomic E-state index is 0.0940. The van der Waals surface area contributed by atoms with Crippen LogP contribution in [0.25, 0.3) is 10.9 Å². The number of halogens is 2. The summed E-state index contributed by atoms with van der Waals surface area (Å²) in [5, 5.41) is 22.0. The van der Waals surface area contributed by atoms with Crippen molar-refractivity contribution in [1.29, 1.82) is 0 Å². The van der Waals surface area contributed by atoms with E-state index in [9.17, 15) is 19.4 Å². The summed E-state index contributed by atoms with van der Waals surface area (Å²) in [6.45, 7) is 2.65. The van der Waals surface area contributed by atoms with E-state index in [1.165, 1.54) is 12.1 Å². The first-order valence-electron chi connectivity index (χ1n) is 13.3. The summed E-state index contributed by atoms with van der Waals surface area (Å²) in [4.78, 5) is 18.6. The minimum Gasteiger partial charge on any atom is -0.497 e. The molecule has 1 atom stereocenters. The molecular formula is C30H36ClFN2O4. The lowest BCUT2D eigenvalue weighted by molar-refractivity contribution is -0.141. The first-order valence-corrected chi connectivity index (χ1v) is 13.7. The molecule has 204 valence electrons. The van der Waals surface area contributed by atoms with E-state index in [0.29, 0.717) is 29.2 Å².